The van der Waals surface area contributed by atoms with Crippen LogP contribution in [0.25, 0.3) is 0 Å². The molecule has 8 heteroatoms. The molecule has 1 unspecified atom stereocenters. The monoisotopic (exact) mass is 398 g/mol. The van der Waals surface area contributed by atoms with E-state index in [1.165, 1.54) is 6.07 Å². The lowest BCUT2D eigenvalue weighted by molar-refractivity contribution is 0.0172. The van der Waals surface area contributed by atoms with E-state index in [4.69, 9.17) is 20.8 Å². The largest absolute Gasteiger partial charge is 0.465 e. The Labute approximate surface area is 159 Å². The van der Waals surface area contributed by atoms with Crippen molar-refractivity contribution in [3.63, 3.8) is 0 Å². The fourth-order valence-electron chi connectivity index (χ4n) is 3.21. The second kappa shape index (κ2) is 8.10. The molecule has 1 N–H and O–H groups in total. The van der Waals surface area contributed by atoms with Gasteiger partial charge in [0.1, 0.15) is 16.4 Å². The van der Waals surface area contributed by atoms with E-state index in [2.05, 4.69) is 9.62 Å². The molecule has 1 saturated heterocycles. The highest BCUT2D eigenvalue weighted by Gasteiger charge is 2.27. The van der Waals surface area contributed by atoms with Crippen molar-refractivity contribution in [3.05, 3.63) is 52.4 Å². The van der Waals surface area contributed by atoms with Gasteiger partial charge >= 0.3 is 0 Å². The Morgan fingerprint density at radius 2 is 1.92 bits per heavy atom. The maximum absolute atomic E-state index is 12.7. The van der Waals surface area contributed by atoms with E-state index < -0.39 is 10.0 Å². The Hall–Kier alpha value is -1.38. The molecule has 142 valence electrons. The van der Waals surface area contributed by atoms with E-state index in [0.717, 1.165) is 18.7 Å². The Balaban J connectivity index is 1.84. The summed E-state index contributed by atoms with van der Waals surface area (Å²) < 4.78 is 39.0. The van der Waals surface area contributed by atoms with E-state index in [0.29, 0.717) is 29.8 Å². The Morgan fingerprint density at radius 3 is 2.54 bits per heavy atom. The molecule has 0 saturated carbocycles. The number of nitrogens with one attached hydrogen (secondary N) is 1. The van der Waals surface area contributed by atoms with Gasteiger partial charge < -0.3 is 9.15 Å². The fraction of sp³-hybridized carbons (Fsp3) is 0.444. The normalized spacial score (nSPS) is 17.3. The minimum absolute atomic E-state index is 0.171. The summed E-state index contributed by atoms with van der Waals surface area (Å²) in [6.45, 7) is 6.28. The molecule has 1 aliphatic rings. The molecule has 26 heavy (non-hydrogen) atoms. The molecule has 0 bridgehead atoms. The molecule has 0 spiro atoms. The van der Waals surface area contributed by atoms with Crippen molar-refractivity contribution in [1.29, 1.82) is 0 Å². The van der Waals surface area contributed by atoms with Crippen molar-refractivity contribution in [2.24, 2.45) is 0 Å². The van der Waals surface area contributed by atoms with Gasteiger partial charge in [0, 0.05) is 30.7 Å². The predicted molar refractivity (Wildman–Crippen MR) is 100.0 cm³/mol. The zero-order chi connectivity index (χ0) is 18.7. The summed E-state index contributed by atoms with van der Waals surface area (Å²) in [6, 6.07) is 8.90. The zero-order valence-electron chi connectivity index (χ0n) is 14.9. The van der Waals surface area contributed by atoms with Crippen LogP contribution in [0.5, 0.6) is 0 Å². The molecular weight excluding hydrogens is 376 g/mol. The van der Waals surface area contributed by atoms with E-state index in [1.807, 2.05) is 24.3 Å². The van der Waals surface area contributed by atoms with Crippen LogP contribution in [0.2, 0.25) is 5.02 Å². The lowest BCUT2D eigenvalue weighted by atomic mass is 10.0. The lowest BCUT2D eigenvalue weighted by Gasteiger charge is -2.35. The number of rotatable bonds is 6. The molecule has 2 aromatic rings. The van der Waals surface area contributed by atoms with Gasteiger partial charge in [-0.25, -0.2) is 13.1 Å². The van der Waals surface area contributed by atoms with Crippen LogP contribution >= 0.6 is 11.6 Å². The van der Waals surface area contributed by atoms with Crippen LogP contribution in [0, 0.1) is 13.8 Å². The number of hydrogen-bond donors (Lipinski definition) is 1. The van der Waals surface area contributed by atoms with Gasteiger partial charge in [-0.2, -0.15) is 0 Å². The van der Waals surface area contributed by atoms with Gasteiger partial charge in [0.2, 0.25) is 10.0 Å². The molecular formula is C18H23ClN2O4S. The number of hydrogen-bond acceptors (Lipinski definition) is 5. The molecule has 0 aliphatic carbocycles. The quantitative estimate of drug-likeness (QED) is 0.810. The molecule has 1 fully saturated rings. The first-order chi connectivity index (χ1) is 12.4. The second-order valence-electron chi connectivity index (χ2n) is 6.32. The van der Waals surface area contributed by atoms with Gasteiger partial charge in [-0.1, -0.05) is 29.8 Å². The van der Waals surface area contributed by atoms with Crippen molar-refractivity contribution in [2.75, 3.05) is 32.8 Å². The number of nitrogens with zero attached hydrogens (tertiary/aromatic N) is 1. The van der Waals surface area contributed by atoms with Crippen molar-refractivity contribution < 1.29 is 17.6 Å². The molecule has 2 heterocycles. The fourth-order valence-corrected chi connectivity index (χ4v) is 4.75. The number of ether oxygens (including phenoxy) is 1. The Kier molecular flexibility index (Phi) is 6.04. The summed E-state index contributed by atoms with van der Waals surface area (Å²) in [7, 11) is -3.67. The molecule has 1 aromatic carbocycles. The number of halogens is 1. The summed E-state index contributed by atoms with van der Waals surface area (Å²) in [5.41, 5.74) is 0.902. The molecule has 1 aromatic heterocycles. The van der Waals surface area contributed by atoms with Crippen LogP contribution in [0.3, 0.4) is 0 Å². The van der Waals surface area contributed by atoms with Gasteiger partial charge in [-0.15, -0.1) is 0 Å². The van der Waals surface area contributed by atoms with E-state index in [1.54, 1.807) is 13.8 Å². The van der Waals surface area contributed by atoms with Crippen LogP contribution in [0.4, 0.5) is 0 Å². The number of benzene rings is 1. The van der Waals surface area contributed by atoms with Gasteiger partial charge in [-0.3, -0.25) is 4.90 Å². The van der Waals surface area contributed by atoms with Crippen LogP contribution < -0.4 is 4.72 Å². The summed E-state index contributed by atoms with van der Waals surface area (Å²) in [6.07, 6.45) is 0. The molecule has 3 rings (SSSR count). The van der Waals surface area contributed by atoms with Crippen molar-refractivity contribution >= 4 is 21.6 Å². The van der Waals surface area contributed by atoms with E-state index >= 15 is 0 Å². The summed E-state index contributed by atoms with van der Waals surface area (Å²) in [4.78, 5) is 2.37. The van der Waals surface area contributed by atoms with Gasteiger partial charge in [0.25, 0.3) is 0 Å². The first kappa shape index (κ1) is 19.4. The third-order valence-electron chi connectivity index (χ3n) is 4.50. The third-order valence-corrected chi connectivity index (χ3v) is 6.38. The van der Waals surface area contributed by atoms with Crippen molar-refractivity contribution in [3.8, 4) is 0 Å². The smallest absolute Gasteiger partial charge is 0.244 e. The molecule has 1 atom stereocenters. The van der Waals surface area contributed by atoms with Crippen molar-refractivity contribution in [2.45, 2.75) is 24.8 Å². The highest BCUT2D eigenvalue weighted by molar-refractivity contribution is 7.89. The first-order valence-electron chi connectivity index (χ1n) is 8.51. The van der Waals surface area contributed by atoms with Gasteiger partial charge in [0.15, 0.2) is 0 Å². The van der Waals surface area contributed by atoms with Crippen LogP contribution in [-0.4, -0.2) is 46.2 Å². The van der Waals surface area contributed by atoms with E-state index in [9.17, 15) is 8.42 Å². The zero-order valence-corrected chi connectivity index (χ0v) is 16.4. The topological polar surface area (TPSA) is 71.8 Å². The molecule has 0 amide bonds. The number of furan rings is 1. The highest BCUT2D eigenvalue weighted by Crippen LogP contribution is 2.28. The first-order valence-corrected chi connectivity index (χ1v) is 10.4. The highest BCUT2D eigenvalue weighted by atomic mass is 35.5. The minimum Gasteiger partial charge on any atom is -0.465 e. The predicted octanol–water partition coefficient (Wildman–Crippen LogP) is 2.90. The number of aryl methyl sites for hydroxylation is 2. The summed E-state index contributed by atoms with van der Waals surface area (Å²) >= 11 is 6.38. The van der Waals surface area contributed by atoms with Gasteiger partial charge in [0.05, 0.1) is 13.2 Å². The SMILES string of the molecule is Cc1cc(S(=O)(=O)NCC(c2ccccc2Cl)N2CCOCC2)c(C)o1. The van der Waals surface area contributed by atoms with Crippen LogP contribution in [0.1, 0.15) is 23.1 Å². The molecule has 0 radical (unpaired) electrons. The molecule has 6 nitrogen and oxygen atoms in total. The number of morpholine rings is 1. The second-order valence-corrected chi connectivity index (χ2v) is 8.46. The Bertz CT molecular complexity index is 860. The minimum atomic E-state index is -3.67. The van der Waals surface area contributed by atoms with Crippen molar-refractivity contribution in [1.82, 2.24) is 9.62 Å². The van der Waals surface area contributed by atoms with Crippen LogP contribution in [0.15, 0.2) is 39.6 Å². The summed E-state index contributed by atoms with van der Waals surface area (Å²) in [5.74, 6) is 0.953. The lowest BCUT2D eigenvalue weighted by Crippen LogP contribution is -2.43. The van der Waals surface area contributed by atoms with E-state index in [-0.39, 0.29) is 17.5 Å². The third kappa shape index (κ3) is 4.29. The maximum Gasteiger partial charge on any atom is 0.244 e. The average molecular weight is 399 g/mol. The maximum atomic E-state index is 12.7. The van der Waals surface area contributed by atoms with Crippen LogP contribution in [-0.2, 0) is 14.8 Å². The average Bonchev–Trinajstić information content (AvgIpc) is 2.97. The summed E-state index contributed by atoms with van der Waals surface area (Å²) in [5, 5.41) is 0.624. The van der Waals surface area contributed by atoms with Gasteiger partial charge in [-0.05, 0) is 31.5 Å². The number of sulfonamides is 1. The molecule has 1 aliphatic heterocycles. The standard InChI is InChI=1S/C18H23ClN2O4S/c1-13-11-18(14(2)25-13)26(22,23)20-12-17(21-7-9-24-10-8-21)15-5-3-4-6-16(15)19/h3-6,11,17,20H,7-10,12H2,1-2H3. The Morgan fingerprint density at radius 1 is 1.23 bits per heavy atom.